The van der Waals surface area contributed by atoms with Gasteiger partial charge in [0.25, 0.3) is 0 Å². The smallest absolute Gasteiger partial charge is 0.0628 e. The highest BCUT2D eigenvalue weighted by Gasteiger charge is 1.95. The van der Waals surface area contributed by atoms with Gasteiger partial charge in [0.15, 0.2) is 0 Å². The van der Waals surface area contributed by atoms with Crippen LogP contribution in [-0.4, -0.2) is 6.67 Å². The van der Waals surface area contributed by atoms with Gasteiger partial charge in [-0.1, -0.05) is 42.5 Å². The van der Waals surface area contributed by atoms with Gasteiger partial charge < -0.3 is 11.1 Å². The molecule has 0 atom stereocenters. The van der Waals surface area contributed by atoms with Crippen LogP contribution in [0.5, 0.6) is 0 Å². The van der Waals surface area contributed by atoms with Gasteiger partial charge in [-0.15, -0.1) is 0 Å². The Morgan fingerprint density at radius 1 is 0.800 bits per heavy atom. The fraction of sp³-hybridized carbons (Fsp3) is 0.0769. The zero-order chi connectivity index (χ0) is 10.5. The van der Waals surface area contributed by atoms with Crippen molar-refractivity contribution in [2.45, 2.75) is 0 Å². The molecule has 3 N–H and O–H groups in total. The highest BCUT2D eigenvalue weighted by molar-refractivity contribution is 5.65. The van der Waals surface area contributed by atoms with Crippen molar-refractivity contribution in [3.8, 4) is 11.1 Å². The maximum atomic E-state index is 5.40. The molecular weight excluding hydrogens is 184 g/mol. The summed E-state index contributed by atoms with van der Waals surface area (Å²) in [6.07, 6.45) is 0. The lowest BCUT2D eigenvalue weighted by atomic mass is 10.1. The van der Waals surface area contributed by atoms with Gasteiger partial charge in [0, 0.05) is 5.69 Å². The molecule has 15 heavy (non-hydrogen) atoms. The third-order valence-electron chi connectivity index (χ3n) is 2.30. The number of rotatable bonds is 3. The van der Waals surface area contributed by atoms with Gasteiger partial charge in [-0.05, 0) is 23.3 Å². The van der Waals surface area contributed by atoms with E-state index in [1.54, 1.807) is 0 Å². The second-order valence-corrected chi connectivity index (χ2v) is 3.32. The molecule has 0 bridgehead atoms. The molecule has 2 aromatic carbocycles. The van der Waals surface area contributed by atoms with Crippen LogP contribution in [0.4, 0.5) is 5.69 Å². The van der Waals surface area contributed by atoms with E-state index in [1.807, 2.05) is 30.3 Å². The summed E-state index contributed by atoms with van der Waals surface area (Å²) in [5.41, 5.74) is 8.91. The van der Waals surface area contributed by atoms with Crippen LogP contribution in [0.25, 0.3) is 11.1 Å². The van der Waals surface area contributed by atoms with Crippen molar-refractivity contribution in [1.82, 2.24) is 0 Å². The Kier molecular flexibility index (Phi) is 3.00. The average molecular weight is 198 g/mol. The Morgan fingerprint density at radius 2 is 1.40 bits per heavy atom. The van der Waals surface area contributed by atoms with Crippen molar-refractivity contribution >= 4 is 5.69 Å². The lowest BCUT2D eigenvalue weighted by Crippen LogP contribution is -2.10. The van der Waals surface area contributed by atoms with Crippen molar-refractivity contribution in [2.24, 2.45) is 5.73 Å². The normalized spacial score (nSPS) is 9.93. The van der Waals surface area contributed by atoms with Crippen LogP contribution in [-0.2, 0) is 0 Å². The van der Waals surface area contributed by atoms with E-state index >= 15 is 0 Å². The van der Waals surface area contributed by atoms with E-state index < -0.39 is 0 Å². The predicted octanol–water partition coefficient (Wildman–Crippen LogP) is 2.68. The molecule has 0 amide bonds. The molecule has 2 aromatic rings. The van der Waals surface area contributed by atoms with Gasteiger partial charge >= 0.3 is 0 Å². The molecule has 0 aliphatic carbocycles. The monoisotopic (exact) mass is 198 g/mol. The highest BCUT2D eigenvalue weighted by atomic mass is 15.0. The van der Waals surface area contributed by atoms with Gasteiger partial charge in [0.05, 0.1) is 6.67 Å². The Labute approximate surface area is 89.7 Å². The van der Waals surface area contributed by atoms with Crippen LogP contribution in [0.2, 0.25) is 0 Å². The lowest BCUT2D eigenvalue weighted by molar-refractivity contribution is 1.14. The zero-order valence-electron chi connectivity index (χ0n) is 8.48. The van der Waals surface area contributed by atoms with E-state index in [-0.39, 0.29) is 0 Å². The second kappa shape index (κ2) is 4.62. The maximum absolute atomic E-state index is 5.40. The topological polar surface area (TPSA) is 38.0 Å². The minimum Gasteiger partial charge on any atom is -0.373 e. The van der Waals surface area contributed by atoms with Crippen molar-refractivity contribution in [1.29, 1.82) is 0 Å². The first kappa shape index (κ1) is 9.74. The van der Waals surface area contributed by atoms with E-state index in [9.17, 15) is 0 Å². The summed E-state index contributed by atoms with van der Waals surface area (Å²) < 4.78 is 0. The zero-order valence-corrected chi connectivity index (χ0v) is 8.48. The average Bonchev–Trinajstić information content (AvgIpc) is 2.32. The van der Waals surface area contributed by atoms with E-state index in [2.05, 4.69) is 29.6 Å². The summed E-state index contributed by atoms with van der Waals surface area (Å²) in [6.45, 7) is 0.463. The standard InChI is InChI=1S/C13H14N2/c14-10-15-13-8-6-12(7-9-13)11-4-2-1-3-5-11/h1-9,15H,10,14H2. The van der Waals surface area contributed by atoms with E-state index in [1.165, 1.54) is 11.1 Å². The molecule has 0 saturated heterocycles. The molecule has 2 rings (SSSR count). The van der Waals surface area contributed by atoms with Crippen molar-refractivity contribution < 1.29 is 0 Å². The first-order chi connectivity index (χ1) is 7.40. The first-order valence-electron chi connectivity index (χ1n) is 4.99. The summed E-state index contributed by atoms with van der Waals surface area (Å²) in [5.74, 6) is 0. The van der Waals surface area contributed by atoms with Crippen molar-refractivity contribution in [2.75, 3.05) is 12.0 Å². The van der Waals surface area contributed by atoms with Crippen molar-refractivity contribution in [3.63, 3.8) is 0 Å². The fourth-order valence-corrected chi connectivity index (χ4v) is 1.53. The summed E-state index contributed by atoms with van der Waals surface area (Å²) in [6, 6.07) is 18.6. The Hall–Kier alpha value is -1.80. The van der Waals surface area contributed by atoms with Crippen molar-refractivity contribution in [3.05, 3.63) is 54.6 Å². The van der Waals surface area contributed by atoms with E-state index in [0.717, 1.165) is 5.69 Å². The molecule has 2 heteroatoms. The Bertz CT molecular complexity index is 406. The van der Waals surface area contributed by atoms with Crippen LogP contribution in [0, 0.1) is 0 Å². The number of nitrogens with two attached hydrogens (primary N) is 1. The van der Waals surface area contributed by atoms with Crippen LogP contribution in [0.15, 0.2) is 54.6 Å². The van der Waals surface area contributed by atoms with Gasteiger partial charge in [-0.3, -0.25) is 0 Å². The molecule has 0 aliphatic heterocycles. The Morgan fingerprint density at radius 3 is 2.00 bits per heavy atom. The Balaban J connectivity index is 2.24. The molecule has 0 saturated carbocycles. The molecule has 2 nitrogen and oxygen atoms in total. The van der Waals surface area contributed by atoms with Crippen LogP contribution < -0.4 is 11.1 Å². The third kappa shape index (κ3) is 2.36. The molecule has 0 heterocycles. The van der Waals surface area contributed by atoms with Crippen LogP contribution >= 0.6 is 0 Å². The van der Waals surface area contributed by atoms with Gasteiger partial charge in [-0.25, -0.2) is 0 Å². The number of anilines is 1. The minimum atomic E-state index is 0.463. The summed E-state index contributed by atoms with van der Waals surface area (Å²) in [4.78, 5) is 0. The van der Waals surface area contributed by atoms with Gasteiger partial charge in [-0.2, -0.15) is 0 Å². The molecule has 0 unspecified atom stereocenters. The minimum absolute atomic E-state index is 0.463. The SMILES string of the molecule is NCNc1ccc(-c2ccccc2)cc1. The largest absolute Gasteiger partial charge is 0.373 e. The maximum Gasteiger partial charge on any atom is 0.0628 e. The lowest BCUT2D eigenvalue weighted by Gasteiger charge is -2.05. The molecule has 0 aliphatic rings. The number of nitrogens with one attached hydrogen (secondary N) is 1. The van der Waals surface area contributed by atoms with Crippen LogP contribution in [0.1, 0.15) is 0 Å². The predicted molar refractivity (Wildman–Crippen MR) is 64.6 cm³/mol. The van der Waals surface area contributed by atoms with E-state index in [4.69, 9.17) is 5.73 Å². The number of benzene rings is 2. The molecule has 0 radical (unpaired) electrons. The molecular formula is C13H14N2. The number of hydrogen-bond acceptors (Lipinski definition) is 2. The molecule has 0 aromatic heterocycles. The quantitative estimate of drug-likeness (QED) is 0.744. The molecule has 76 valence electrons. The number of hydrogen-bond donors (Lipinski definition) is 2. The highest BCUT2D eigenvalue weighted by Crippen LogP contribution is 2.20. The first-order valence-corrected chi connectivity index (χ1v) is 4.99. The fourth-order valence-electron chi connectivity index (χ4n) is 1.53. The third-order valence-corrected chi connectivity index (χ3v) is 2.30. The molecule has 0 spiro atoms. The molecule has 0 fully saturated rings. The summed E-state index contributed by atoms with van der Waals surface area (Å²) >= 11 is 0. The van der Waals surface area contributed by atoms with Gasteiger partial charge in [0.1, 0.15) is 0 Å². The van der Waals surface area contributed by atoms with Gasteiger partial charge in [0.2, 0.25) is 0 Å². The summed E-state index contributed by atoms with van der Waals surface area (Å²) in [5, 5.41) is 3.06. The van der Waals surface area contributed by atoms with E-state index in [0.29, 0.717) is 6.67 Å². The second-order valence-electron chi connectivity index (χ2n) is 3.32. The van der Waals surface area contributed by atoms with Crippen LogP contribution in [0.3, 0.4) is 0 Å². The summed E-state index contributed by atoms with van der Waals surface area (Å²) in [7, 11) is 0.